The molecule has 0 aromatic heterocycles. The molecular weight excluding hydrogens is 1180 g/mol. The summed E-state index contributed by atoms with van der Waals surface area (Å²) in [5.41, 5.74) is 36.0. The van der Waals surface area contributed by atoms with Crippen molar-refractivity contribution in [3.63, 3.8) is 0 Å². The van der Waals surface area contributed by atoms with E-state index in [4.69, 9.17) is 4.74 Å². The molecule has 7 aliphatic rings. The number of hydrogen-bond donors (Lipinski definition) is 0. The first-order chi connectivity index (χ1) is 46.7. The zero-order chi connectivity index (χ0) is 66.1. The van der Waals surface area contributed by atoms with Crippen LogP contribution in [0, 0.1) is 0 Å². The molecule has 0 spiro atoms. The van der Waals surface area contributed by atoms with Crippen LogP contribution >= 0.6 is 0 Å². The summed E-state index contributed by atoms with van der Waals surface area (Å²) in [5, 5.41) is 0. The van der Waals surface area contributed by atoms with Crippen LogP contribution in [0.3, 0.4) is 0 Å². The largest absolute Gasteiger partial charge is 0.453 e. The maximum atomic E-state index is 7.78. The van der Waals surface area contributed by atoms with Gasteiger partial charge in [0.25, 0.3) is 20.1 Å². The molecule has 0 unspecified atom stereocenters. The molecule has 97 heavy (non-hydrogen) atoms. The first kappa shape index (κ1) is 58.0. The minimum absolute atomic E-state index is 0.106. The summed E-state index contributed by atoms with van der Waals surface area (Å²) in [6.07, 6.45) is 0. The Bertz CT molecular complexity index is 5340. The van der Waals surface area contributed by atoms with Crippen molar-refractivity contribution >= 4 is 155 Å². The summed E-state index contributed by atoms with van der Waals surface area (Å²) < 4.78 is 7.78. The molecule has 6 nitrogen and oxygen atoms in total. The van der Waals surface area contributed by atoms with Crippen LogP contribution in [-0.4, -0.2) is 20.1 Å². The average Bonchev–Trinajstić information content (AvgIpc) is 0.659. The third-order valence-electron chi connectivity index (χ3n) is 22.1. The van der Waals surface area contributed by atoms with Crippen LogP contribution in [0.15, 0.2) is 243 Å². The molecule has 0 fully saturated rings. The lowest BCUT2D eigenvalue weighted by Crippen LogP contribution is -2.70. The van der Waals surface area contributed by atoms with E-state index in [9.17, 15) is 0 Å². The third kappa shape index (κ3) is 8.36. The Kier molecular flexibility index (Phi) is 12.0. The van der Waals surface area contributed by atoms with E-state index in [2.05, 4.69) is 350 Å². The van der Waals surface area contributed by atoms with Gasteiger partial charge in [0, 0.05) is 73.9 Å². The third-order valence-corrected chi connectivity index (χ3v) is 22.1. The number of hydrogen-bond acceptors (Lipinski definition) is 6. The van der Waals surface area contributed by atoms with Crippen molar-refractivity contribution in [2.75, 3.05) is 24.5 Å². The van der Waals surface area contributed by atoms with Crippen LogP contribution in [0.1, 0.15) is 105 Å². The monoisotopic (exact) mass is 1250 g/mol. The summed E-state index contributed by atoms with van der Waals surface area (Å²) in [7, 11) is 0. The zero-order valence-corrected chi connectivity index (χ0v) is 57.5. The van der Waals surface area contributed by atoms with E-state index in [0.29, 0.717) is 0 Å². The summed E-state index contributed by atoms with van der Waals surface area (Å²) in [5.74, 6) is 1.83. The van der Waals surface area contributed by atoms with Gasteiger partial charge < -0.3 is 29.2 Å². The van der Waals surface area contributed by atoms with Gasteiger partial charge in [0.15, 0.2) is 11.5 Å². The molecule has 0 saturated carbocycles. The van der Waals surface area contributed by atoms with Crippen molar-refractivity contribution in [3.05, 3.63) is 265 Å². The molecule has 0 atom stereocenters. The highest BCUT2D eigenvalue weighted by Crippen LogP contribution is 2.58. The second-order valence-corrected chi connectivity index (χ2v) is 32.1. The lowest BCUT2D eigenvalue weighted by molar-refractivity contribution is 0.470. The molecule has 0 N–H and O–H groups in total. The maximum absolute atomic E-state index is 7.78. The number of rotatable bonds is 5. The Morgan fingerprint density at radius 3 is 0.938 bits per heavy atom. The highest BCUT2D eigenvalue weighted by molar-refractivity contribution is 7.06. The summed E-state index contributed by atoms with van der Waals surface area (Å²) in [6, 6.07) is 93.3. The summed E-state index contributed by atoms with van der Waals surface area (Å²) in [6.45, 7) is 27.8. The molecule has 7 heterocycles. The van der Waals surface area contributed by atoms with Gasteiger partial charge in [-0.2, -0.15) is 0 Å². The normalized spacial score (nSPS) is 14.7. The quantitative estimate of drug-likeness (QED) is 0.159. The van der Waals surface area contributed by atoms with Gasteiger partial charge in [-0.15, -0.1) is 0 Å². The molecule has 12 aromatic carbocycles. The number of nitrogens with zero attached hydrogens (tertiary/aromatic N) is 5. The second kappa shape index (κ2) is 20.1. The molecule has 7 aliphatic heterocycles. The van der Waals surface area contributed by atoms with Crippen LogP contribution in [0.4, 0.5) is 85.3 Å². The molecule has 0 amide bonds. The van der Waals surface area contributed by atoms with E-state index in [1.165, 1.54) is 122 Å². The van der Waals surface area contributed by atoms with Gasteiger partial charge in [0.1, 0.15) is 0 Å². The van der Waals surface area contributed by atoms with Crippen molar-refractivity contribution in [1.29, 1.82) is 0 Å². The molecular formula is C88H76B3N5O. The van der Waals surface area contributed by atoms with Gasteiger partial charge in [-0.1, -0.05) is 229 Å². The highest BCUT2D eigenvalue weighted by atomic mass is 16.5. The van der Waals surface area contributed by atoms with E-state index in [1.54, 1.807) is 0 Å². The topological polar surface area (TPSA) is 25.4 Å². The summed E-state index contributed by atoms with van der Waals surface area (Å²) >= 11 is 0. The number of ether oxygens (including phenoxy) is 1. The van der Waals surface area contributed by atoms with Crippen LogP contribution in [0.2, 0.25) is 0 Å². The highest BCUT2D eigenvalue weighted by Gasteiger charge is 2.56. The van der Waals surface area contributed by atoms with E-state index in [-0.39, 0.29) is 41.8 Å². The molecule has 0 radical (unpaired) electrons. The van der Waals surface area contributed by atoms with Gasteiger partial charge in [-0.3, -0.25) is 0 Å². The van der Waals surface area contributed by atoms with Gasteiger partial charge in [-0.05, 0) is 201 Å². The number of anilines is 15. The van der Waals surface area contributed by atoms with Gasteiger partial charge in [0.05, 0.1) is 11.4 Å². The van der Waals surface area contributed by atoms with Crippen molar-refractivity contribution in [2.45, 2.75) is 105 Å². The fourth-order valence-electron chi connectivity index (χ4n) is 17.3. The van der Waals surface area contributed by atoms with Crippen molar-refractivity contribution < 1.29 is 4.74 Å². The molecule has 0 aliphatic carbocycles. The fourth-order valence-corrected chi connectivity index (χ4v) is 17.3. The SMILES string of the molecule is CC(C)(C)c1ccc2c(c1)B1c3cc4c(cc3N(c3ccccc3)c3cc(-c5ccccc5)cc(c31)N2c1ccccc1)N(c1ccccc1)c1cc2c3c5c1B4c1cc(C(C)(C)C)cc4c1N5c1c(cc(C(C)(C)C)cc1B3c1cc(C(C)(C)C)ccc1N2c1ccccc1)O4. The number of benzene rings is 12. The lowest BCUT2D eigenvalue weighted by atomic mass is 9.27. The Balaban J connectivity index is 0.985. The van der Waals surface area contributed by atoms with Crippen LogP contribution in [-0.2, 0) is 21.7 Å². The minimum atomic E-state index is -0.229. The van der Waals surface area contributed by atoms with E-state index >= 15 is 0 Å². The Morgan fingerprint density at radius 2 is 0.557 bits per heavy atom. The van der Waals surface area contributed by atoms with Crippen molar-refractivity contribution in [2.24, 2.45) is 0 Å². The van der Waals surface area contributed by atoms with Gasteiger partial charge in [0.2, 0.25) is 0 Å². The van der Waals surface area contributed by atoms with E-state index in [0.717, 1.165) is 57.0 Å². The molecule has 0 bridgehead atoms. The first-order valence-electron chi connectivity index (χ1n) is 34.8. The van der Waals surface area contributed by atoms with Gasteiger partial charge in [-0.25, -0.2) is 0 Å². The Hall–Kier alpha value is -10.4. The molecule has 9 heteroatoms. The number of para-hydroxylation sites is 4. The standard InChI is InChI=1S/C88H76B3N5O/c1-85(2,3)55-38-40-69-63(44-55)89-65-50-66-72(51-71(65)94(61-34-24-16-25-35-61)74-43-54(53-28-18-13-19-29-53)42-73(79(74)89)92(69)59-30-20-14-21-31-59)95(62-36-26-17-27-37-62)76-52-75-80-84-81(76)91(66)68-47-58(88(10,11)12)49-78-83(68)96(84)82-67(46-57(87(7,8)9)48-77(82)97-78)90(80)64-45-56(86(4,5)6)39-41-70(64)93(75)60-32-22-15-23-33-60/h13-52H,1-12H3. The van der Waals surface area contributed by atoms with Crippen LogP contribution in [0.25, 0.3) is 11.1 Å². The fraction of sp³-hybridized carbons (Fsp3) is 0.182. The van der Waals surface area contributed by atoms with Crippen molar-refractivity contribution in [1.82, 2.24) is 0 Å². The van der Waals surface area contributed by atoms with E-state index in [1.807, 2.05) is 0 Å². The summed E-state index contributed by atoms with van der Waals surface area (Å²) in [4.78, 5) is 13.1. The zero-order valence-electron chi connectivity index (χ0n) is 57.5. The molecule has 19 rings (SSSR count). The predicted molar refractivity (Wildman–Crippen MR) is 414 cm³/mol. The van der Waals surface area contributed by atoms with Crippen LogP contribution < -0.4 is 78.4 Å². The molecule has 0 saturated heterocycles. The Morgan fingerprint density at radius 1 is 0.237 bits per heavy atom. The van der Waals surface area contributed by atoms with E-state index < -0.39 is 0 Å². The van der Waals surface area contributed by atoms with Crippen molar-refractivity contribution in [3.8, 4) is 22.6 Å². The van der Waals surface area contributed by atoms with Crippen LogP contribution in [0.5, 0.6) is 11.5 Å². The predicted octanol–water partition coefficient (Wildman–Crippen LogP) is 17.4. The first-order valence-corrected chi connectivity index (χ1v) is 34.8. The lowest BCUT2D eigenvalue weighted by Gasteiger charge is -2.53. The maximum Gasteiger partial charge on any atom is 0.252 e. The average molecular weight is 1250 g/mol. The smallest absolute Gasteiger partial charge is 0.252 e. The minimum Gasteiger partial charge on any atom is -0.453 e. The molecule has 12 aromatic rings. The second-order valence-electron chi connectivity index (χ2n) is 32.1. The molecule has 468 valence electrons. The number of fused-ring (bicyclic) bond motifs is 10. The van der Waals surface area contributed by atoms with Gasteiger partial charge >= 0.3 is 0 Å². The Labute approximate surface area is 572 Å².